The normalized spacial score (nSPS) is 11.7. The molecular weight excluding hydrogens is 244 g/mol. The van der Waals surface area contributed by atoms with E-state index in [1.807, 2.05) is 0 Å². The van der Waals surface area contributed by atoms with Crippen LogP contribution >= 0.6 is 0 Å². The summed E-state index contributed by atoms with van der Waals surface area (Å²) in [4.78, 5) is 0. The minimum absolute atomic E-state index is 0.829. The fraction of sp³-hybridized carbons (Fsp3) is 0.556. The Morgan fingerprint density at radius 1 is 1.15 bits per heavy atom. The minimum Gasteiger partial charge on any atom is -0.346 e. The standard InChI is InChI=1S/C18H28N2/c1-14(2)9-7-8-12-19-13-18-15(3)16-10-5-6-11-17(16)20(18)4/h5-6,10-11,14,19H,7-9,12-13H2,1-4H3. The van der Waals surface area contributed by atoms with Crippen molar-refractivity contribution in [2.24, 2.45) is 13.0 Å². The molecule has 0 bridgehead atoms. The van der Waals surface area contributed by atoms with Crippen LogP contribution in [-0.4, -0.2) is 11.1 Å². The number of benzene rings is 1. The van der Waals surface area contributed by atoms with Gasteiger partial charge in [-0.15, -0.1) is 0 Å². The third-order valence-corrected chi connectivity index (χ3v) is 4.18. The molecule has 0 unspecified atom stereocenters. The number of rotatable bonds is 7. The topological polar surface area (TPSA) is 17.0 Å². The maximum Gasteiger partial charge on any atom is 0.0483 e. The molecule has 110 valence electrons. The Bertz CT molecular complexity index is 513. The Kier molecular flexibility index (Phi) is 5.24. The molecule has 0 aliphatic carbocycles. The van der Waals surface area contributed by atoms with E-state index in [0.717, 1.165) is 19.0 Å². The van der Waals surface area contributed by atoms with Gasteiger partial charge in [-0.05, 0) is 37.4 Å². The SMILES string of the molecule is Cc1c(CNCCCCC(C)C)n(C)c2ccccc12. The Morgan fingerprint density at radius 2 is 1.90 bits per heavy atom. The summed E-state index contributed by atoms with van der Waals surface area (Å²) < 4.78 is 2.33. The average Bonchev–Trinajstić information content (AvgIpc) is 2.67. The van der Waals surface area contributed by atoms with Gasteiger partial charge in [-0.25, -0.2) is 0 Å². The molecule has 0 saturated carbocycles. The van der Waals surface area contributed by atoms with E-state index in [4.69, 9.17) is 0 Å². The summed E-state index contributed by atoms with van der Waals surface area (Å²) in [6.07, 6.45) is 3.95. The van der Waals surface area contributed by atoms with Crippen molar-refractivity contribution < 1.29 is 0 Å². The van der Waals surface area contributed by atoms with E-state index in [0.29, 0.717) is 0 Å². The molecule has 0 fully saturated rings. The second-order valence-corrected chi connectivity index (χ2v) is 6.21. The number of hydrogen-bond donors (Lipinski definition) is 1. The van der Waals surface area contributed by atoms with Gasteiger partial charge in [0.1, 0.15) is 0 Å². The third-order valence-electron chi connectivity index (χ3n) is 4.18. The van der Waals surface area contributed by atoms with Gasteiger partial charge in [0.15, 0.2) is 0 Å². The van der Waals surface area contributed by atoms with Crippen LogP contribution in [0.25, 0.3) is 10.9 Å². The minimum atomic E-state index is 0.829. The highest BCUT2D eigenvalue weighted by atomic mass is 15.0. The highest BCUT2D eigenvalue weighted by Gasteiger charge is 2.10. The molecule has 0 aliphatic heterocycles. The number of nitrogens with zero attached hydrogens (tertiary/aromatic N) is 1. The third kappa shape index (κ3) is 3.43. The zero-order chi connectivity index (χ0) is 14.5. The number of unbranched alkanes of at least 4 members (excludes halogenated alkanes) is 1. The maximum atomic E-state index is 3.60. The van der Waals surface area contributed by atoms with E-state index in [1.54, 1.807) is 0 Å². The summed E-state index contributed by atoms with van der Waals surface area (Å²) in [6.45, 7) is 8.92. The van der Waals surface area contributed by atoms with Crippen LogP contribution in [-0.2, 0) is 13.6 Å². The first-order chi connectivity index (χ1) is 9.61. The summed E-state index contributed by atoms with van der Waals surface area (Å²) in [5.41, 5.74) is 4.16. The first-order valence-electron chi connectivity index (χ1n) is 7.85. The highest BCUT2D eigenvalue weighted by molar-refractivity contribution is 5.85. The molecule has 0 atom stereocenters. The van der Waals surface area contributed by atoms with Crippen molar-refractivity contribution in [1.29, 1.82) is 0 Å². The Morgan fingerprint density at radius 3 is 2.60 bits per heavy atom. The molecule has 1 aromatic heterocycles. The van der Waals surface area contributed by atoms with Crippen LogP contribution in [0.2, 0.25) is 0 Å². The highest BCUT2D eigenvalue weighted by Crippen LogP contribution is 2.24. The summed E-state index contributed by atoms with van der Waals surface area (Å²) in [6, 6.07) is 8.66. The maximum absolute atomic E-state index is 3.60. The van der Waals surface area contributed by atoms with Crippen molar-refractivity contribution in [3.05, 3.63) is 35.5 Å². The molecule has 0 amide bonds. The number of aromatic nitrogens is 1. The van der Waals surface area contributed by atoms with Gasteiger partial charge in [0.25, 0.3) is 0 Å². The van der Waals surface area contributed by atoms with Crippen molar-refractivity contribution >= 4 is 10.9 Å². The molecule has 0 spiro atoms. The fourth-order valence-corrected chi connectivity index (χ4v) is 2.90. The lowest BCUT2D eigenvalue weighted by molar-refractivity contribution is 0.518. The molecule has 20 heavy (non-hydrogen) atoms. The molecule has 0 radical (unpaired) electrons. The van der Waals surface area contributed by atoms with E-state index < -0.39 is 0 Å². The van der Waals surface area contributed by atoms with E-state index in [1.165, 1.54) is 41.4 Å². The first kappa shape index (κ1) is 15.1. The molecule has 2 rings (SSSR count). The zero-order valence-electron chi connectivity index (χ0n) is 13.4. The van der Waals surface area contributed by atoms with Crippen LogP contribution in [0, 0.1) is 12.8 Å². The van der Waals surface area contributed by atoms with Crippen molar-refractivity contribution in [3.63, 3.8) is 0 Å². The van der Waals surface area contributed by atoms with Crippen LogP contribution in [0.5, 0.6) is 0 Å². The largest absolute Gasteiger partial charge is 0.346 e. The lowest BCUT2D eigenvalue weighted by Gasteiger charge is -2.09. The molecule has 1 heterocycles. The van der Waals surface area contributed by atoms with Gasteiger partial charge in [-0.2, -0.15) is 0 Å². The van der Waals surface area contributed by atoms with E-state index >= 15 is 0 Å². The van der Waals surface area contributed by atoms with E-state index in [2.05, 4.69) is 62.0 Å². The Labute approximate surface area is 123 Å². The van der Waals surface area contributed by atoms with Gasteiger partial charge < -0.3 is 9.88 Å². The zero-order valence-corrected chi connectivity index (χ0v) is 13.4. The van der Waals surface area contributed by atoms with Gasteiger partial charge in [0, 0.05) is 30.2 Å². The molecule has 1 N–H and O–H groups in total. The van der Waals surface area contributed by atoms with Gasteiger partial charge in [-0.1, -0.05) is 44.9 Å². The smallest absolute Gasteiger partial charge is 0.0483 e. The van der Waals surface area contributed by atoms with Crippen LogP contribution in [0.4, 0.5) is 0 Å². The fourth-order valence-electron chi connectivity index (χ4n) is 2.90. The summed E-state index contributed by atoms with van der Waals surface area (Å²) in [7, 11) is 2.17. The molecule has 1 aromatic carbocycles. The number of para-hydroxylation sites is 1. The molecule has 2 nitrogen and oxygen atoms in total. The quantitative estimate of drug-likeness (QED) is 0.739. The Balaban J connectivity index is 1.90. The van der Waals surface area contributed by atoms with Crippen LogP contribution in [0.1, 0.15) is 44.4 Å². The lowest BCUT2D eigenvalue weighted by Crippen LogP contribution is -2.17. The monoisotopic (exact) mass is 272 g/mol. The molecule has 2 heteroatoms. The molecule has 2 aromatic rings. The second kappa shape index (κ2) is 6.94. The van der Waals surface area contributed by atoms with E-state index in [-0.39, 0.29) is 0 Å². The summed E-state index contributed by atoms with van der Waals surface area (Å²) >= 11 is 0. The van der Waals surface area contributed by atoms with Gasteiger partial charge in [-0.3, -0.25) is 0 Å². The number of nitrogens with one attached hydrogen (secondary N) is 1. The molecule has 0 saturated heterocycles. The first-order valence-corrected chi connectivity index (χ1v) is 7.85. The number of hydrogen-bond acceptors (Lipinski definition) is 1. The Hall–Kier alpha value is -1.28. The van der Waals surface area contributed by atoms with Gasteiger partial charge in [0.2, 0.25) is 0 Å². The van der Waals surface area contributed by atoms with Crippen LogP contribution in [0.3, 0.4) is 0 Å². The van der Waals surface area contributed by atoms with E-state index in [9.17, 15) is 0 Å². The summed E-state index contributed by atoms with van der Waals surface area (Å²) in [5, 5.41) is 4.98. The van der Waals surface area contributed by atoms with Gasteiger partial charge >= 0.3 is 0 Å². The van der Waals surface area contributed by atoms with Crippen molar-refractivity contribution in [2.75, 3.05) is 6.54 Å². The number of aryl methyl sites for hydroxylation is 2. The van der Waals surface area contributed by atoms with Crippen molar-refractivity contribution in [3.8, 4) is 0 Å². The predicted molar refractivity (Wildman–Crippen MR) is 88.1 cm³/mol. The van der Waals surface area contributed by atoms with Crippen molar-refractivity contribution in [1.82, 2.24) is 9.88 Å². The second-order valence-electron chi connectivity index (χ2n) is 6.21. The lowest BCUT2D eigenvalue weighted by atomic mass is 10.1. The average molecular weight is 272 g/mol. The van der Waals surface area contributed by atoms with Crippen LogP contribution in [0.15, 0.2) is 24.3 Å². The molecule has 0 aliphatic rings. The van der Waals surface area contributed by atoms with Gasteiger partial charge in [0.05, 0.1) is 0 Å². The number of fused-ring (bicyclic) bond motifs is 1. The van der Waals surface area contributed by atoms with Crippen LogP contribution < -0.4 is 5.32 Å². The van der Waals surface area contributed by atoms with Crippen molar-refractivity contribution in [2.45, 2.75) is 46.6 Å². The molecular formula is C18H28N2. The summed E-state index contributed by atoms with van der Waals surface area (Å²) in [5.74, 6) is 0.829. The predicted octanol–water partition coefficient (Wildman–Crippen LogP) is 4.40.